The Hall–Kier alpha value is -3.38. The number of hydrogen-bond donors (Lipinski definition) is 0. The Morgan fingerprint density at radius 1 is 1.03 bits per heavy atom. The van der Waals surface area contributed by atoms with E-state index in [9.17, 15) is 0 Å². The zero-order chi connectivity index (χ0) is 19.7. The Balaban J connectivity index is 1.54. The molecule has 6 heteroatoms. The van der Waals surface area contributed by atoms with Gasteiger partial charge in [0.15, 0.2) is 17.7 Å². The second kappa shape index (κ2) is 7.22. The lowest BCUT2D eigenvalue weighted by atomic mass is 9.91. The van der Waals surface area contributed by atoms with E-state index in [1.807, 2.05) is 67.4 Å². The fourth-order valence-electron chi connectivity index (χ4n) is 3.93. The number of quaternary nitrogens is 1. The molecule has 1 unspecified atom stereocenters. The molecule has 0 amide bonds. The highest BCUT2D eigenvalue weighted by atomic mass is 16.5. The van der Waals surface area contributed by atoms with Crippen molar-refractivity contribution in [2.45, 2.75) is 25.3 Å². The van der Waals surface area contributed by atoms with E-state index in [0.717, 1.165) is 30.0 Å². The van der Waals surface area contributed by atoms with E-state index in [-0.39, 0.29) is 0 Å². The zero-order valence-corrected chi connectivity index (χ0v) is 16.3. The number of allylic oxidation sites excluding steroid dienone is 1. The van der Waals surface area contributed by atoms with E-state index in [1.165, 1.54) is 6.42 Å². The lowest BCUT2D eigenvalue weighted by Crippen LogP contribution is -2.61. The number of para-hydroxylation sites is 1. The summed E-state index contributed by atoms with van der Waals surface area (Å²) in [5.74, 6) is 2.17. The van der Waals surface area contributed by atoms with Crippen LogP contribution in [0.1, 0.15) is 19.3 Å². The van der Waals surface area contributed by atoms with Gasteiger partial charge >= 0.3 is 0 Å². The van der Waals surface area contributed by atoms with Crippen LogP contribution in [0.15, 0.2) is 82.8 Å². The topological polar surface area (TPSA) is 46.4 Å². The Kier molecular flexibility index (Phi) is 4.41. The minimum Gasteiger partial charge on any atom is -0.493 e. The van der Waals surface area contributed by atoms with Gasteiger partial charge in [-0.15, -0.1) is 4.59 Å². The van der Waals surface area contributed by atoms with Crippen LogP contribution in [0.25, 0.3) is 0 Å². The number of fused-ring (bicyclic) bond motifs is 1. The maximum atomic E-state index is 6.04. The van der Waals surface area contributed by atoms with E-state index in [2.05, 4.69) is 27.3 Å². The number of ether oxygens (including phenoxy) is 2. The van der Waals surface area contributed by atoms with Gasteiger partial charge in [-0.1, -0.05) is 18.2 Å². The number of hydrogen-bond acceptors (Lipinski definition) is 5. The average molecular weight is 387 g/mol. The van der Waals surface area contributed by atoms with Crippen LogP contribution in [0, 0.1) is 0 Å². The molecule has 1 atom stereocenters. The van der Waals surface area contributed by atoms with Gasteiger partial charge in [0.05, 0.1) is 37.5 Å². The second-order valence-corrected chi connectivity index (χ2v) is 7.31. The molecule has 1 saturated carbocycles. The number of nitrogens with zero attached hydrogens (tertiary/aromatic N) is 4. The number of benzene rings is 2. The summed E-state index contributed by atoms with van der Waals surface area (Å²) in [5, 5.41) is 2.39. The van der Waals surface area contributed by atoms with Gasteiger partial charge in [-0.2, -0.15) is 0 Å². The largest absolute Gasteiger partial charge is 0.493 e. The maximum absolute atomic E-state index is 6.04. The predicted molar refractivity (Wildman–Crippen MR) is 114 cm³/mol. The van der Waals surface area contributed by atoms with Crippen molar-refractivity contribution in [1.82, 2.24) is 0 Å². The van der Waals surface area contributed by atoms with Crippen LogP contribution in [-0.2, 0) is 0 Å². The van der Waals surface area contributed by atoms with Crippen molar-refractivity contribution in [2.75, 3.05) is 12.1 Å². The van der Waals surface area contributed by atoms with E-state index < -0.39 is 0 Å². The fourth-order valence-corrected chi connectivity index (χ4v) is 3.93. The highest BCUT2D eigenvalue weighted by Crippen LogP contribution is 2.42. The lowest BCUT2D eigenvalue weighted by molar-refractivity contribution is -0.746. The molecule has 0 saturated heterocycles. The highest BCUT2D eigenvalue weighted by molar-refractivity contribution is 5.82. The van der Waals surface area contributed by atoms with Crippen LogP contribution in [0.2, 0.25) is 0 Å². The molecule has 3 aliphatic rings. The molecule has 1 fully saturated rings. The van der Waals surface area contributed by atoms with Gasteiger partial charge in [-0.3, -0.25) is 4.99 Å². The Morgan fingerprint density at radius 2 is 1.90 bits per heavy atom. The van der Waals surface area contributed by atoms with Gasteiger partial charge in [0.1, 0.15) is 5.75 Å². The molecule has 0 spiro atoms. The minimum absolute atomic E-state index is 0.421. The van der Waals surface area contributed by atoms with Crippen LogP contribution in [-0.4, -0.2) is 30.3 Å². The molecule has 1 aliphatic carbocycles. The number of rotatable bonds is 6. The van der Waals surface area contributed by atoms with Crippen LogP contribution in [0.4, 0.5) is 5.69 Å². The Morgan fingerprint density at radius 3 is 2.66 bits per heavy atom. The van der Waals surface area contributed by atoms with E-state index in [4.69, 9.17) is 9.47 Å². The third-order valence-electron chi connectivity index (χ3n) is 5.61. The monoisotopic (exact) mass is 387 g/mol. The molecular formula is C23H23N4O2+. The normalized spacial score (nSPS) is 22.0. The SMILES string of the molecule is COc1cc(N(C2CCC2)[N+]23C=CN=CC2=CN=C3)ccc1Oc1ccccc1. The molecule has 2 heterocycles. The van der Waals surface area contributed by atoms with Gasteiger partial charge in [0.2, 0.25) is 12.0 Å². The minimum atomic E-state index is 0.421. The third-order valence-corrected chi connectivity index (χ3v) is 5.61. The molecule has 0 radical (unpaired) electrons. The van der Waals surface area contributed by atoms with Crippen LogP contribution >= 0.6 is 0 Å². The molecular weight excluding hydrogens is 364 g/mol. The van der Waals surface area contributed by atoms with Crippen molar-refractivity contribution in [2.24, 2.45) is 9.98 Å². The van der Waals surface area contributed by atoms with Crippen molar-refractivity contribution in [1.29, 1.82) is 0 Å². The van der Waals surface area contributed by atoms with E-state index in [1.54, 1.807) is 7.11 Å². The summed E-state index contributed by atoms with van der Waals surface area (Å²) in [6.45, 7) is 0. The standard InChI is InChI=1S/C23H23N4O2/c1-28-23-14-19(10-11-22(23)29-21-8-3-2-4-9-21)26(18-6-5-7-18)27-13-12-24-15-20(27)16-25-17-27/h2-4,8-18H,5-7H2,1H3/q+1. The first-order chi connectivity index (χ1) is 14.3. The smallest absolute Gasteiger partial charge is 0.225 e. The molecule has 2 aliphatic heterocycles. The van der Waals surface area contributed by atoms with Crippen molar-refractivity contribution < 1.29 is 14.1 Å². The predicted octanol–water partition coefficient (Wildman–Crippen LogP) is 5.02. The molecule has 29 heavy (non-hydrogen) atoms. The van der Waals surface area contributed by atoms with Gasteiger partial charge in [0.25, 0.3) is 0 Å². The maximum Gasteiger partial charge on any atom is 0.225 e. The first kappa shape index (κ1) is 17.7. The summed E-state index contributed by atoms with van der Waals surface area (Å²) in [6, 6.07) is 16.3. The van der Waals surface area contributed by atoms with Gasteiger partial charge in [-0.05, 0) is 43.5 Å². The summed E-state index contributed by atoms with van der Waals surface area (Å²) in [7, 11) is 1.67. The van der Waals surface area contributed by atoms with Crippen molar-refractivity contribution in [3.63, 3.8) is 0 Å². The Bertz CT molecular complexity index is 1020. The molecule has 2 aromatic rings. The number of anilines is 1. The summed E-state index contributed by atoms with van der Waals surface area (Å²) in [6.07, 6.45) is 13.2. The fraction of sp³-hybridized carbons (Fsp3) is 0.217. The van der Waals surface area contributed by atoms with Crippen molar-refractivity contribution >= 4 is 18.2 Å². The first-order valence-corrected chi connectivity index (χ1v) is 9.85. The number of aliphatic imine (C=N–C) groups is 2. The second-order valence-electron chi connectivity index (χ2n) is 7.31. The van der Waals surface area contributed by atoms with E-state index in [0.29, 0.717) is 22.1 Å². The van der Waals surface area contributed by atoms with Crippen LogP contribution in [0.3, 0.4) is 0 Å². The molecule has 146 valence electrons. The molecule has 0 N–H and O–H groups in total. The summed E-state index contributed by atoms with van der Waals surface area (Å²) < 4.78 is 12.2. The van der Waals surface area contributed by atoms with Crippen LogP contribution < -0.4 is 14.5 Å². The molecule has 6 nitrogen and oxygen atoms in total. The van der Waals surface area contributed by atoms with Crippen LogP contribution in [0.5, 0.6) is 17.2 Å². The quantitative estimate of drug-likeness (QED) is 0.654. The van der Waals surface area contributed by atoms with Crippen molar-refractivity contribution in [3.05, 3.63) is 72.8 Å². The zero-order valence-electron chi connectivity index (χ0n) is 16.3. The number of methoxy groups -OCH3 is 1. The van der Waals surface area contributed by atoms with Crippen molar-refractivity contribution in [3.8, 4) is 17.2 Å². The molecule has 0 bridgehead atoms. The summed E-state index contributed by atoms with van der Waals surface area (Å²) in [4.78, 5) is 8.75. The average Bonchev–Trinajstić information content (AvgIpc) is 3.16. The first-order valence-electron chi connectivity index (χ1n) is 9.85. The summed E-state index contributed by atoms with van der Waals surface area (Å²) in [5.41, 5.74) is 2.09. The van der Waals surface area contributed by atoms with Gasteiger partial charge < -0.3 is 9.47 Å². The molecule has 5 rings (SSSR count). The van der Waals surface area contributed by atoms with Gasteiger partial charge in [-0.25, -0.2) is 10.0 Å². The Labute approximate surface area is 170 Å². The summed E-state index contributed by atoms with van der Waals surface area (Å²) >= 11 is 0. The highest BCUT2D eigenvalue weighted by Gasteiger charge is 2.46. The third kappa shape index (κ3) is 3.02. The molecule has 2 aromatic carbocycles. The molecule has 0 aromatic heterocycles. The lowest BCUT2D eigenvalue weighted by Gasteiger charge is -2.46. The van der Waals surface area contributed by atoms with E-state index >= 15 is 0 Å². The van der Waals surface area contributed by atoms with Gasteiger partial charge in [0, 0.05) is 6.07 Å².